The van der Waals surface area contributed by atoms with Gasteiger partial charge in [0.25, 0.3) is 5.78 Å². The second-order valence-corrected chi connectivity index (χ2v) is 5.63. The molecule has 6 heteroatoms. The van der Waals surface area contributed by atoms with Gasteiger partial charge in [-0.25, -0.2) is 4.98 Å². The van der Waals surface area contributed by atoms with E-state index in [1.807, 2.05) is 24.3 Å². The van der Waals surface area contributed by atoms with Crippen molar-refractivity contribution in [2.45, 2.75) is 33.2 Å². The Labute approximate surface area is 135 Å². The third-order valence-corrected chi connectivity index (χ3v) is 3.55. The maximum atomic E-state index is 5.85. The van der Waals surface area contributed by atoms with Crippen LogP contribution in [-0.2, 0) is 6.42 Å². The van der Waals surface area contributed by atoms with E-state index in [2.05, 4.69) is 47.2 Å². The summed E-state index contributed by atoms with van der Waals surface area (Å²) in [6.07, 6.45) is 2.37. The maximum absolute atomic E-state index is 5.85. The molecule has 1 atom stereocenters. The fraction of sp³-hybridized carbons (Fsp3) is 0.353. The number of ether oxygens (including phenoxy) is 1. The zero-order chi connectivity index (χ0) is 16.2. The van der Waals surface area contributed by atoms with E-state index in [1.54, 1.807) is 4.52 Å². The summed E-state index contributed by atoms with van der Waals surface area (Å²) in [4.78, 5) is 8.61. The Hall–Kier alpha value is -2.63. The molecule has 6 nitrogen and oxygen atoms in total. The fourth-order valence-electron chi connectivity index (χ4n) is 2.37. The Balaban J connectivity index is 1.70. The van der Waals surface area contributed by atoms with Gasteiger partial charge in [-0.1, -0.05) is 19.1 Å². The van der Waals surface area contributed by atoms with Gasteiger partial charge in [0.2, 0.25) is 0 Å². The third kappa shape index (κ3) is 3.59. The molecule has 3 rings (SSSR count). The second-order valence-electron chi connectivity index (χ2n) is 5.63. The number of anilines is 1. The van der Waals surface area contributed by atoms with E-state index in [1.165, 1.54) is 11.9 Å². The Bertz CT molecular complexity index is 799. The lowest BCUT2D eigenvalue weighted by atomic mass is 10.2. The highest BCUT2D eigenvalue weighted by Gasteiger charge is 2.10. The summed E-state index contributed by atoms with van der Waals surface area (Å²) in [7, 11) is 0. The number of nitrogens with one attached hydrogen (secondary N) is 1. The van der Waals surface area contributed by atoms with E-state index in [4.69, 9.17) is 4.74 Å². The van der Waals surface area contributed by atoms with Crippen molar-refractivity contribution in [1.29, 1.82) is 0 Å². The van der Waals surface area contributed by atoms with Crippen LogP contribution >= 0.6 is 0 Å². The number of aryl methyl sites for hydroxylation is 2. The van der Waals surface area contributed by atoms with Gasteiger partial charge in [0.05, 0.1) is 6.04 Å². The highest BCUT2D eigenvalue weighted by molar-refractivity contribution is 5.45. The lowest BCUT2D eigenvalue weighted by molar-refractivity contribution is 0.303. The Morgan fingerprint density at radius 2 is 2.17 bits per heavy atom. The zero-order valence-corrected chi connectivity index (χ0v) is 13.7. The van der Waals surface area contributed by atoms with Gasteiger partial charge in [0.15, 0.2) is 0 Å². The van der Waals surface area contributed by atoms with Gasteiger partial charge < -0.3 is 10.1 Å². The van der Waals surface area contributed by atoms with Crippen LogP contribution in [0.15, 0.2) is 36.7 Å². The van der Waals surface area contributed by atoms with Crippen LogP contribution < -0.4 is 10.1 Å². The lowest BCUT2D eigenvalue weighted by Crippen LogP contribution is -2.25. The van der Waals surface area contributed by atoms with Crippen LogP contribution in [0, 0.1) is 6.92 Å². The van der Waals surface area contributed by atoms with Gasteiger partial charge in [-0.3, -0.25) is 0 Å². The van der Waals surface area contributed by atoms with Crippen LogP contribution in [0.4, 0.5) is 5.82 Å². The number of hydrogen-bond donors (Lipinski definition) is 1. The lowest BCUT2D eigenvalue weighted by Gasteiger charge is -2.17. The molecule has 2 heterocycles. The first kappa shape index (κ1) is 15.3. The minimum absolute atomic E-state index is 0.120. The SMILES string of the molecule is CCc1cc(NC(C)COc2cccc(C)c2)n2ncnc2n1. The molecule has 1 N–H and O–H groups in total. The molecule has 0 saturated carbocycles. The molecule has 0 fully saturated rings. The number of benzene rings is 1. The Kier molecular flexibility index (Phi) is 4.41. The molecule has 0 aliphatic heterocycles. The number of nitrogens with zero attached hydrogens (tertiary/aromatic N) is 4. The van der Waals surface area contributed by atoms with Crippen LogP contribution in [0.1, 0.15) is 25.1 Å². The summed E-state index contributed by atoms with van der Waals surface area (Å²) in [5.41, 5.74) is 2.17. The van der Waals surface area contributed by atoms with Gasteiger partial charge in [-0.2, -0.15) is 14.6 Å². The second kappa shape index (κ2) is 6.64. The summed E-state index contributed by atoms with van der Waals surface area (Å²) >= 11 is 0. The van der Waals surface area contributed by atoms with Crippen molar-refractivity contribution < 1.29 is 4.74 Å². The van der Waals surface area contributed by atoms with Crippen molar-refractivity contribution in [1.82, 2.24) is 19.6 Å². The molecule has 0 amide bonds. The molecule has 0 aliphatic rings. The van der Waals surface area contributed by atoms with Crippen molar-refractivity contribution in [3.05, 3.63) is 47.9 Å². The van der Waals surface area contributed by atoms with E-state index < -0.39 is 0 Å². The van der Waals surface area contributed by atoms with Gasteiger partial charge in [-0.05, 0) is 38.0 Å². The van der Waals surface area contributed by atoms with Crippen LogP contribution in [0.2, 0.25) is 0 Å². The number of fused-ring (bicyclic) bond motifs is 1. The van der Waals surface area contributed by atoms with Crippen molar-refractivity contribution in [3.8, 4) is 5.75 Å². The number of rotatable bonds is 6. The first-order valence-corrected chi connectivity index (χ1v) is 7.81. The molecule has 0 bridgehead atoms. The van der Waals surface area contributed by atoms with Crippen molar-refractivity contribution in [3.63, 3.8) is 0 Å². The Morgan fingerprint density at radius 1 is 1.30 bits per heavy atom. The predicted molar refractivity (Wildman–Crippen MR) is 89.9 cm³/mol. The zero-order valence-electron chi connectivity index (χ0n) is 13.7. The molecule has 0 aliphatic carbocycles. The Morgan fingerprint density at radius 3 is 2.96 bits per heavy atom. The third-order valence-electron chi connectivity index (χ3n) is 3.55. The topological polar surface area (TPSA) is 64.3 Å². The number of hydrogen-bond acceptors (Lipinski definition) is 5. The highest BCUT2D eigenvalue weighted by atomic mass is 16.5. The van der Waals surface area contributed by atoms with E-state index in [0.29, 0.717) is 12.4 Å². The molecule has 0 radical (unpaired) electrons. The number of aromatic nitrogens is 4. The largest absolute Gasteiger partial charge is 0.491 e. The minimum Gasteiger partial charge on any atom is -0.491 e. The monoisotopic (exact) mass is 311 g/mol. The summed E-state index contributed by atoms with van der Waals surface area (Å²) in [6, 6.07) is 10.2. The van der Waals surface area contributed by atoms with Crippen LogP contribution in [-0.4, -0.2) is 32.2 Å². The molecule has 1 unspecified atom stereocenters. The van der Waals surface area contributed by atoms with Crippen molar-refractivity contribution in [2.75, 3.05) is 11.9 Å². The summed E-state index contributed by atoms with van der Waals surface area (Å²) in [5.74, 6) is 2.37. The molecule has 23 heavy (non-hydrogen) atoms. The van der Waals surface area contributed by atoms with Crippen molar-refractivity contribution >= 4 is 11.6 Å². The van der Waals surface area contributed by atoms with Gasteiger partial charge in [-0.15, -0.1) is 0 Å². The predicted octanol–water partition coefficient (Wildman–Crippen LogP) is 2.87. The van der Waals surface area contributed by atoms with E-state index in [9.17, 15) is 0 Å². The molecule has 0 saturated heterocycles. The molecule has 120 valence electrons. The van der Waals surface area contributed by atoms with Crippen LogP contribution in [0.5, 0.6) is 5.75 Å². The first-order chi connectivity index (χ1) is 11.2. The molecule has 0 spiro atoms. The molecular formula is C17H21N5O. The summed E-state index contributed by atoms with van der Waals surface area (Å²) in [6.45, 7) is 6.76. The summed E-state index contributed by atoms with van der Waals surface area (Å²) < 4.78 is 7.56. The summed E-state index contributed by atoms with van der Waals surface area (Å²) in [5, 5.41) is 7.64. The van der Waals surface area contributed by atoms with Crippen LogP contribution in [0.25, 0.3) is 5.78 Å². The van der Waals surface area contributed by atoms with E-state index >= 15 is 0 Å². The molecule has 3 aromatic rings. The van der Waals surface area contributed by atoms with E-state index in [0.717, 1.165) is 23.7 Å². The van der Waals surface area contributed by atoms with E-state index in [-0.39, 0.29) is 6.04 Å². The minimum atomic E-state index is 0.120. The molecular weight excluding hydrogens is 290 g/mol. The molecule has 2 aromatic heterocycles. The first-order valence-electron chi connectivity index (χ1n) is 7.81. The van der Waals surface area contributed by atoms with Gasteiger partial charge >= 0.3 is 0 Å². The van der Waals surface area contributed by atoms with Crippen molar-refractivity contribution in [2.24, 2.45) is 0 Å². The standard InChI is InChI=1S/C17H21N5O/c1-4-14-9-16(22-17(21-14)18-11-19-22)20-13(3)10-23-15-7-5-6-12(2)8-15/h5-9,11,13,20H,4,10H2,1-3H3. The molecule has 1 aromatic carbocycles. The van der Waals surface area contributed by atoms with Crippen LogP contribution in [0.3, 0.4) is 0 Å². The average Bonchev–Trinajstić information content (AvgIpc) is 3.01. The normalized spacial score (nSPS) is 12.3. The van der Waals surface area contributed by atoms with Gasteiger partial charge in [0, 0.05) is 11.8 Å². The maximum Gasteiger partial charge on any atom is 0.254 e. The van der Waals surface area contributed by atoms with Gasteiger partial charge in [0.1, 0.15) is 24.5 Å². The average molecular weight is 311 g/mol. The highest BCUT2D eigenvalue weighted by Crippen LogP contribution is 2.15. The quantitative estimate of drug-likeness (QED) is 0.758. The smallest absolute Gasteiger partial charge is 0.254 e. The fourth-order valence-corrected chi connectivity index (χ4v) is 2.37.